The summed E-state index contributed by atoms with van der Waals surface area (Å²) in [4.78, 5) is 50.9. The standard InChI is InChI=1S/C21H17N3O7/c1-11-8-17(23-31-11)22-18(25)12(2)30-21(28)13-5-6-15-16(9-13)20(27)24(19(15)26)10-14-4-3-7-29-14/h3-9,12H,10H2,1-2H3,(H,22,23,25). The zero-order valence-electron chi connectivity index (χ0n) is 16.6. The van der Waals surface area contributed by atoms with Gasteiger partial charge in [-0.1, -0.05) is 5.16 Å². The van der Waals surface area contributed by atoms with Crippen molar-refractivity contribution in [3.05, 3.63) is 70.9 Å². The highest BCUT2D eigenvalue weighted by Gasteiger charge is 2.36. The minimum absolute atomic E-state index is 0.0160. The molecule has 0 radical (unpaired) electrons. The molecule has 1 atom stereocenters. The third-order valence-electron chi connectivity index (χ3n) is 4.63. The van der Waals surface area contributed by atoms with E-state index in [0.717, 1.165) is 4.90 Å². The molecule has 3 aromatic rings. The molecule has 0 saturated heterocycles. The maximum Gasteiger partial charge on any atom is 0.338 e. The van der Waals surface area contributed by atoms with Gasteiger partial charge in [0, 0.05) is 6.07 Å². The second kappa shape index (κ2) is 7.90. The van der Waals surface area contributed by atoms with Crippen LogP contribution >= 0.6 is 0 Å². The van der Waals surface area contributed by atoms with Crippen molar-refractivity contribution < 1.29 is 32.9 Å². The van der Waals surface area contributed by atoms with Gasteiger partial charge in [-0.3, -0.25) is 19.3 Å². The number of nitrogens with one attached hydrogen (secondary N) is 1. The van der Waals surface area contributed by atoms with E-state index in [1.54, 1.807) is 19.1 Å². The Labute approximate surface area is 175 Å². The fraction of sp³-hybridized carbons (Fsp3) is 0.190. The van der Waals surface area contributed by atoms with Crippen molar-refractivity contribution >= 4 is 29.5 Å². The fourth-order valence-corrected chi connectivity index (χ4v) is 3.05. The van der Waals surface area contributed by atoms with Gasteiger partial charge in [-0.2, -0.15) is 0 Å². The van der Waals surface area contributed by atoms with E-state index in [-0.39, 0.29) is 29.1 Å². The van der Waals surface area contributed by atoms with Crippen LogP contribution in [0.3, 0.4) is 0 Å². The molecular formula is C21H17N3O7. The SMILES string of the molecule is Cc1cc(NC(=O)C(C)OC(=O)c2ccc3c(c2)C(=O)N(Cc2ccco2)C3=O)no1. The topological polar surface area (TPSA) is 132 Å². The number of aromatic nitrogens is 1. The quantitative estimate of drug-likeness (QED) is 0.473. The number of aryl methyl sites for hydroxylation is 1. The molecule has 10 nitrogen and oxygen atoms in total. The summed E-state index contributed by atoms with van der Waals surface area (Å²) in [6.45, 7) is 3.05. The second-order valence-electron chi connectivity index (χ2n) is 6.90. The molecule has 10 heteroatoms. The zero-order valence-corrected chi connectivity index (χ0v) is 16.6. The zero-order chi connectivity index (χ0) is 22.1. The average Bonchev–Trinajstić information content (AvgIpc) is 3.46. The number of ether oxygens (including phenoxy) is 1. The fourth-order valence-electron chi connectivity index (χ4n) is 3.05. The summed E-state index contributed by atoms with van der Waals surface area (Å²) < 4.78 is 15.2. The van der Waals surface area contributed by atoms with Gasteiger partial charge in [0.15, 0.2) is 11.9 Å². The molecule has 3 heterocycles. The van der Waals surface area contributed by atoms with E-state index in [1.807, 2.05) is 0 Å². The van der Waals surface area contributed by atoms with E-state index in [0.29, 0.717) is 11.5 Å². The smallest absolute Gasteiger partial charge is 0.338 e. The van der Waals surface area contributed by atoms with Crippen LogP contribution in [0.2, 0.25) is 0 Å². The maximum atomic E-state index is 12.7. The molecule has 1 aromatic carbocycles. The predicted octanol–water partition coefficient (Wildman–Crippen LogP) is 2.56. The lowest BCUT2D eigenvalue weighted by Gasteiger charge is -2.12. The second-order valence-corrected chi connectivity index (χ2v) is 6.90. The predicted molar refractivity (Wildman–Crippen MR) is 104 cm³/mol. The number of rotatable bonds is 6. The molecule has 31 heavy (non-hydrogen) atoms. The van der Waals surface area contributed by atoms with Crippen LogP contribution in [-0.4, -0.2) is 39.9 Å². The molecule has 0 aliphatic carbocycles. The van der Waals surface area contributed by atoms with E-state index in [1.165, 1.54) is 37.5 Å². The van der Waals surface area contributed by atoms with Crippen LogP contribution in [0.5, 0.6) is 0 Å². The number of benzene rings is 1. The molecule has 3 amide bonds. The number of hydrogen-bond acceptors (Lipinski definition) is 8. The van der Waals surface area contributed by atoms with Gasteiger partial charge in [0.2, 0.25) is 0 Å². The van der Waals surface area contributed by atoms with Gasteiger partial charge >= 0.3 is 5.97 Å². The third kappa shape index (κ3) is 3.95. The Hall–Kier alpha value is -4.21. The lowest BCUT2D eigenvalue weighted by Crippen LogP contribution is -2.30. The summed E-state index contributed by atoms with van der Waals surface area (Å²) in [5.41, 5.74) is 0.304. The summed E-state index contributed by atoms with van der Waals surface area (Å²) in [6.07, 6.45) is 0.313. The lowest BCUT2D eigenvalue weighted by molar-refractivity contribution is -0.123. The minimum atomic E-state index is -1.13. The van der Waals surface area contributed by atoms with Gasteiger partial charge in [-0.05, 0) is 44.2 Å². The highest BCUT2D eigenvalue weighted by molar-refractivity contribution is 6.21. The van der Waals surface area contributed by atoms with Crippen LogP contribution in [0, 0.1) is 6.92 Å². The van der Waals surface area contributed by atoms with Crippen molar-refractivity contribution in [2.45, 2.75) is 26.5 Å². The summed E-state index contributed by atoms with van der Waals surface area (Å²) >= 11 is 0. The Bertz CT molecular complexity index is 1180. The van der Waals surface area contributed by atoms with Gasteiger partial charge in [0.05, 0.1) is 29.5 Å². The molecule has 4 rings (SSSR count). The molecule has 1 aliphatic rings. The van der Waals surface area contributed by atoms with Crippen LogP contribution < -0.4 is 5.32 Å². The Morgan fingerprint density at radius 1 is 1.16 bits per heavy atom. The molecule has 1 unspecified atom stereocenters. The summed E-state index contributed by atoms with van der Waals surface area (Å²) in [6, 6.07) is 8.86. The monoisotopic (exact) mass is 423 g/mol. The van der Waals surface area contributed by atoms with Crippen LogP contribution in [-0.2, 0) is 16.1 Å². The van der Waals surface area contributed by atoms with Crippen molar-refractivity contribution in [2.75, 3.05) is 5.32 Å². The van der Waals surface area contributed by atoms with Gasteiger partial charge < -0.3 is 19.0 Å². The first kappa shape index (κ1) is 20.1. The molecule has 0 spiro atoms. The Morgan fingerprint density at radius 2 is 1.94 bits per heavy atom. The van der Waals surface area contributed by atoms with Crippen molar-refractivity contribution in [3.63, 3.8) is 0 Å². The first-order valence-electron chi connectivity index (χ1n) is 9.31. The molecular weight excluding hydrogens is 406 g/mol. The summed E-state index contributed by atoms with van der Waals surface area (Å²) in [5, 5.41) is 6.10. The summed E-state index contributed by atoms with van der Waals surface area (Å²) in [5.74, 6) is -1.27. The van der Waals surface area contributed by atoms with Crippen molar-refractivity contribution in [1.82, 2.24) is 10.1 Å². The van der Waals surface area contributed by atoms with Gasteiger partial charge in [0.1, 0.15) is 11.5 Å². The van der Waals surface area contributed by atoms with Crippen molar-refractivity contribution in [1.29, 1.82) is 0 Å². The first-order chi connectivity index (χ1) is 14.8. The normalized spacial score (nSPS) is 13.8. The number of furan rings is 1. The van der Waals surface area contributed by atoms with Crippen LogP contribution in [0.15, 0.2) is 51.6 Å². The van der Waals surface area contributed by atoms with Crippen LogP contribution in [0.25, 0.3) is 0 Å². The highest BCUT2D eigenvalue weighted by atomic mass is 16.5. The number of carbonyl (C=O) groups is 4. The molecule has 2 aromatic heterocycles. The molecule has 1 N–H and O–H groups in total. The molecule has 1 aliphatic heterocycles. The number of fused-ring (bicyclic) bond motifs is 1. The highest BCUT2D eigenvalue weighted by Crippen LogP contribution is 2.26. The third-order valence-corrected chi connectivity index (χ3v) is 4.63. The number of imide groups is 1. The number of carbonyl (C=O) groups excluding carboxylic acids is 4. The van der Waals surface area contributed by atoms with E-state index in [4.69, 9.17) is 13.7 Å². The molecule has 0 saturated carbocycles. The number of hydrogen-bond donors (Lipinski definition) is 1. The van der Waals surface area contributed by atoms with Crippen molar-refractivity contribution in [3.8, 4) is 0 Å². The number of esters is 1. The van der Waals surface area contributed by atoms with Gasteiger partial charge in [-0.15, -0.1) is 0 Å². The van der Waals surface area contributed by atoms with Crippen LogP contribution in [0.4, 0.5) is 5.82 Å². The Morgan fingerprint density at radius 3 is 2.61 bits per heavy atom. The molecule has 158 valence electrons. The Balaban J connectivity index is 1.45. The Kier molecular flexibility index (Phi) is 5.12. The van der Waals surface area contributed by atoms with Gasteiger partial charge in [0.25, 0.3) is 17.7 Å². The minimum Gasteiger partial charge on any atom is -0.467 e. The molecule has 0 fully saturated rings. The van der Waals surface area contributed by atoms with Crippen molar-refractivity contribution in [2.24, 2.45) is 0 Å². The first-order valence-corrected chi connectivity index (χ1v) is 9.31. The number of anilines is 1. The number of nitrogens with zero attached hydrogens (tertiary/aromatic N) is 2. The van der Waals surface area contributed by atoms with E-state index < -0.39 is 29.8 Å². The van der Waals surface area contributed by atoms with Crippen LogP contribution in [0.1, 0.15) is 49.5 Å². The van der Waals surface area contributed by atoms with E-state index in [2.05, 4.69) is 10.5 Å². The van der Waals surface area contributed by atoms with E-state index in [9.17, 15) is 19.2 Å². The van der Waals surface area contributed by atoms with E-state index >= 15 is 0 Å². The lowest BCUT2D eigenvalue weighted by atomic mass is 10.1. The largest absolute Gasteiger partial charge is 0.467 e. The van der Waals surface area contributed by atoms with Gasteiger partial charge in [-0.25, -0.2) is 4.79 Å². The molecule has 0 bridgehead atoms. The average molecular weight is 423 g/mol. The number of amides is 3. The maximum absolute atomic E-state index is 12.7. The summed E-state index contributed by atoms with van der Waals surface area (Å²) in [7, 11) is 0.